The minimum absolute atomic E-state index is 0.00128. The highest BCUT2D eigenvalue weighted by Crippen LogP contribution is 2.58. The number of aldehydes is 1. The lowest BCUT2D eigenvalue weighted by molar-refractivity contribution is -0.302. The molecule has 0 aromatic heterocycles. The number of carbonyl (C=O) groups excluding carboxylic acids is 2. The summed E-state index contributed by atoms with van der Waals surface area (Å²) >= 11 is 0. The highest BCUT2D eigenvalue weighted by molar-refractivity contribution is 6.74. The van der Waals surface area contributed by atoms with E-state index in [0.717, 1.165) is 6.29 Å². The van der Waals surface area contributed by atoms with Crippen molar-refractivity contribution in [1.82, 2.24) is 0 Å². The fraction of sp³-hybridized carbons (Fsp3) is 0.917. The summed E-state index contributed by atoms with van der Waals surface area (Å²) in [5, 5.41) is -0.00887. The number of methoxy groups -OCH3 is 1. The third-order valence-corrected chi connectivity index (χ3v) is 17.9. The third kappa shape index (κ3) is 4.67. The van der Waals surface area contributed by atoms with E-state index < -0.39 is 27.7 Å². The van der Waals surface area contributed by atoms with Crippen LogP contribution in [0.3, 0.4) is 0 Å². The Morgan fingerprint density at radius 2 is 1.59 bits per heavy atom. The molecule has 1 saturated heterocycles. The first-order valence-electron chi connectivity index (χ1n) is 11.8. The number of fused-ring (bicyclic) bond motifs is 1. The monoisotopic (exact) mass is 486 g/mol. The Labute approximate surface area is 197 Å². The van der Waals surface area contributed by atoms with Crippen LogP contribution in [0.15, 0.2) is 0 Å². The predicted molar refractivity (Wildman–Crippen MR) is 132 cm³/mol. The van der Waals surface area contributed by atoms with Crippen molar-refractivity contribution in [2.75, 3.05) is 13.7 Å². The average molecular weight is 487 g/mol. The van der Waals surface area contributed by atoms with Crippen LogP contribution in [0.4, 0.5) is 0 Å². The summed E-state index contributed by atoms with van der Waals surface area (Å²) in [5.74, 6) is -0.712. The highest BCUT2D eigenvalue weighted by Gasteiger charge is 2.69. The van der Waals surface area contributed by atoms with E-state index in [2.05, 4.69) is 67.7 Å². The number of carbonyl (C=O) groups is 2. The summed E-state index contributed by atoms with van der Waals surface area (Å²) in [6.45, 7) is 24.3. The van der Waals surface area contributed by atoms with E-state index >= 15 is 0 Å². The second kappa shape index (κ2) is 8.59. The van der Waals surface area contributed by atoms with Gasteiger partial charge >= 0.3 is 5.97 Å². The fourth-order valence-electron chi connectivity index (χ4n) is 4.46. The summed E-state index contributed by atoms with van der Waals surface area (Å²) in [4.78, 5) is 25.3. The van der Waals surface area contributed by atoms with Gasteiger partial charge in [0.15, 0.2) is 16.6 Å². The van der Waals surface area contributed by atoms with Gasteiger partial charge < -0.3 is 23.1 Å². The molecular weight excluding hydrogens is 440 g/mol. The maximum absolute atomic E-state index is 12.8. The third-order valence-electron chi connectivity index (χ3n) is 8.86. The van der Waals surface area contributed by atoms with Crippen molar-refractivity contribution in [3.05, 3.63) is 0 Å². The molecule has 0 aromatic rings. The van der Waals surface area contributed by atoms with Gasteiger partial charge in [0, 0.05) is 12.3 Å². The Morgan fingerprint density at radius 3 is 1.97 bits per heavy atom. The van der Waals surface area contributed by atoms with E-state index in [1.807, 2.05) is 6.92 Å². The zero-order valence-electron chi connectivity index (χ0n) is 22.4. The van der Waals surface area contributed by atoms with Crippen LogP contribution in [-0.4, -0.2) is 60.4 Å². The molecule has 0 bridgehead atoms. The van der Waals surface area contributed by atoms with Crippen LogP contribution in [0.5, 0.6) is 0 Å². The van der Waals surface area contributed by atoms with Gasteiger partial charge in [-0.25, -0.2) is 0 Å². The second-order valence-corrected chi connectivity index (χ2v) is 22.5. The van der Waals surface area contributed by atoms with E-state index in [4.69, 9.17) is 18.3 Å². The molecule has 2 aliphatic rings. The van der Waals surface area contributed by atoms with E-state index in [-0.39, 0.29) is 40.6 Å². The van der Waals surface area contributed by atoms with Crippen molar-refractivity contribution in [2.45, 2.75) is 115 Å². The van der Waals surface area contributed by atoms with Crippen LogP contribution in [0.1, 0.15) is 61.3 Å². The van der Waals surface area contributed by atoms with Crippen LogP contribution < -0.4 is 0 Å². The minimum atomic E-state index is -2.21. The molecule has 0 amide bonds. The summed E-state index contributed by atoms with van der Waals surface area (Å²) in [5.41, 5.74) is -1.56. The van der Waals surface area contributed by atoms with Gasteiger partial charge in [-0.1, -0.05) is 48.5 Å². The van der Waals surface area contributed by atoms with E-state index in [1.54, 1.807) is 0 Å². The summed E-state index contributed by atoms with van der Waals surface area (Å²) in [6, 6.07) is 0. The summed E-state index contributed by atoms with van der Waals surface area (Å²) in [6.07, 6.45) is 1.17. The smallest absolute Gasteiger partial charge is 0.305 e. The molecule has 0 spiro atoms. The van der Waals surface area contributed by atoms with Crippen LogP contribution in [0, 0.1) is 11.3 Å². The molecule has 1 aliphatic carbocycles. The predicted octanol–water partition coefficient (Wildman–Crippen LogP) is 5.32. The van der Waals surface area contributed by atoms with E-state index in [0.29, 0.717) is 13.0 Å². The SMILES string of the molecule is COC(=O)C[C@H]1[C@](C)(C=O)[C@@H](O[Si](C)(C)C(C)(C)C)C[C@H]2OC[C@]21O[Si](C)(C)C(C)(C)C. The van der Waals surface area contributed by atoms with Crippen LogP contribution in [0.25, 0.3) is 0 Å². The maximum Gasteiger partial charge on any atom is 0.305 e. The molecule has 6 nitrogen and oxygen atoms in total. The van der Waals surface area contributed by atoms with Gasteiger partial charge in [0.05, 0.1) is 37.8 Å². The molecule has 0 unspecified atom stereocenters. The molecular formula is C24H46O6Si2. The molecule has 0 N–H and O–H groups in total. The normalized spacial score (nSPS) is 33.8. The molecule has 186 valence electrons. The molecule has 1 heterocycles. The molecule has 8 heteroatoms. The first-order chi connectivity index (χ1) is 14.3. The lowest BCUT2D eigenvalue weighted by atomic mass is 9.56. The fourth-order valence-corrected chi connectivity index (χ4v) is 7.46. The van der Waals surface area contributed by atoms with Crippen molar-refractivity contribution in [1.29, 1.82) is 0 Å². The quantitative estimate of drug-likeness (QED) is 0.275. The highest BCUT2D eigenvalue weighted by atomic mass is 28.4. The van der Waals surface area contributed by atoms with Crippen LogP contribution in [0.2, 0.25) is 36.3 Å². The van der Waals surface area contributed by atoms with Gasteiger partial charge in [-0.3, -0.25) is 4.79 Å². The number of hydrogen-bond donors (Lipinski definition) is 0. The van der Waals surface area contributed by atoms with Gasteiger partial charge in [0.25, 0.3) is 0 Å². The lowest BCUT2D eigenvalue weighted by Crippen LogP contribution is -2.76. The molecule has 1 aliphatic heterocycles. The van der Waals surface area contributed by atoms with Crippen molar-refractivity contribution in [2.24, 2.45) is 11.3 Å². The molecule has 0 radical (unpaired) electrons. The van der Waals surface area contributed by atoms with Gasteiger partial charge in [-0.05, 0) is 36.3 Å². The molecule has 2 fully saturated rings. The Kier molecular flexibility index (Phi) is 7.44. The molecule has 5 atom stereocenters. The second-order valence-electron chi connectivity index (χ2n) is 13.0. The topological polar surface area (TPSA) is 71.1 Å². The first-order valence-corrected chi connectivity index (χ1v) is 17.6. The number of esters is 1. The van der Waals surface area contributed by atoms with E-state index in [9.17, 15) is 9.59 Å². The number of rotatable bonds is 7. The molecule has 0 aromatic carbocycles. The number of hydrogen-bond acceptors (Lipinski definition) is 6. The minimum Gasteiger partial charge on any atom is -0.469 e. The molecule has 32 heavy (non-hydrogen) atoms. The average Bonchev–Trinajstić information content (AvgIpc) is 2.62. The Morgan fingerprint density at radius 1 is 1.06 bits per heavy atom. The van der Waals surface area contributed by atoms with Crippen molar-refractivity contribution in [3.8, 4) is 0 Å². The summed E-state index contributed by atoms with van der Waals surface area (Å²) < 4.78 is 25.0. The standard InChI is InChI=1S/C24H46O6Si2/c1-21(2,3)31(9,10)29-18-14-19-24(16-28-19,30-32(11,12)22(4,5)6)17(13-20(26)27-8)23(18,7)15-25/h15,17-19H,13-14,16H2,1-12H3/t17-,18-,19+,23-,24+/m0/s1. The van der Waals surface area contributed by atoms with Crippen LogP contribution >= 0.6 is 0 Å². The van der Waals surface area contributed by atoms with Gasteiger partial charge in [-0.2, -0.15) is 0 Å². The zero-order valence-corrected chi connectivity index (χ0v) is 24.4. The van der Waals surface area contributed by atoms with Crippen molar-refractivity contribution >= 4 is 28.9 Å². The van der Waals surface area contributed by atoms with Crippen molar-refractivity contribution < 1.29 is 27.9 Å². The summed E-state index contributed by atoms with van der Waals surface area (Å²) in [7, 11) is -2.99. The lowest BCUT2D eigenvalue weighted by Gasteiger charge is -2.65. The Hall–Kier alpha value is -0.546. The van der Waals surface area contributed by atoms with Crippen molar-refractivity contribution in [3.63, 3.8) is 0 Å². The van der Waals surface area contributed by atoms with Gasteiger partial charge in [0.2, 0.25) is 0 Å². The number of ether oxygens (including phenoxy) is 2. The van der Waals surface area contributed by atoms with Crippen LogP contribution in [-0.2, 0) is 27.9 Å². The maximum atomic E-state index is 12.8. The molecule has 2 rings (SSSR count). The van der Waals surface area contributed by atoms with Gasteiger partial charge in [0.1, 0.15) is 11.9 Å². The Bertz CT molecular complexity index is 723. The zero-order chi connectivity index (χ0) is 25.0. The van der Waals surface area contributed by atoms with Gasteiger partial charge in [-0.15, -0.1) is 0 Å². The largest absolute Gasteiger partial charge is 0.469 e. The first kappa shape index (κ1) is 27.7. The van der Waals surface area contributed by atoms with E-state index in [1.165, 1.54) is 7.11 Å². The molecule has 1 saturated carbocycles. The Balaban J connectivity index is 2.56.